The molecule has 0 saturated carbocycles. The molecule has 0 aliphatic rings. The molecule has 0 bridgehead atoms. The molecule has 2 nitrogen and oxygen atoms in total. The second-order valence-electron chi connectivity index (χ2n) is 5.88. The van der Waals surface area contributed by atoms with Crippen LogP contribution in [0.25, 0.3) is 17.2 Å². The number of nitrogens with one attached hydrogen (secondary N) is 1. The number of carbonyl (C=O) groups excluding carboxylic acids is 1. The van der Waals surface area contributed by atoms with Crippen LogP contribution in [-0.2, 0) is 4.79 Å². The zero-order chi connectivity index (χ0) is 18.6. The van der Waals surface area contributed by atoms with Gasteiger partial charge < -0.3 is 5.32 Å². The van der Waals surface area contributed by atoms with Gasteiger partial charge in [0.25, 0.3) is 0 Å². The minimum Gasteiger partial charge on any atom is -0.352 e. The highest BCUT2D eigenvalue weighted by Crippen LogP contribution is 2.29. The molecule has 132 valence electrons. The number of halogens is 3. The van der Waals surface area contributed by atoms with Crippen LogP contribution in [0.5, 0.6) is 0 Å². The number of hydrogen-bond donors (Lipinski definition) is 1. The Balaban J connectivity index is 2.46. The van der Waals surface area contributed by atoms with Crippen molar-refractivity contribution in [3.8, 4) is 11.1 Å². The molecule has 0 aliphatic heterocycles. The minimum atomic E-state index is -0.992. The average molecular weight is 347 g/mol. The summed E-state index contributed by atoms with van der Waals surface area (Å²) in [7, 11) is 0. The van der Waals surface area contributed by atoms with E-state index in [1.807, 2.05) is 6.92 Å². The van der Waals surface area contributed by atoms with Crippen LogP contribution in [0.3, 0.4) is 0 Å². The van der Waals surface area contributed by atoms with E-state index in [4.69, 9.17) is 0 Å². The van der Waals surface area contributed by atoms with Gasteiger partial charge in [0.2, 0.25) is 5.91 Å². The molecular formula is C20H20F3NO. The van der Waals surface area contributed by atoms with Crippen molar-refractivity contribution in [3.05, 3.63) is 64.5 Å². The highest BCUT2D eigenvalue weighted by molar-refractivity contribution is 5.97. The molecule has 1 amide bonds. The maximum absolute atomic E-state index is 14.0. The molecule has 0 aromatic heterocycles. The number of rotatable bonds is 5. The summed E-state index contributed by atoms with van der Waals surface area (Å²) in [4.78, 5) is 12.0. The maximum atomic E-state index is 14.0. The monoisotopic (exact) mass is 347 g/mol. The fourth-order valence-corrected chi connectivity index (χ4v) is 2.49. The maximum Gasteiger partial charge on any atom is 0.246 e. The summed E-state index contributed by atoms with van der Waals surface area (Å²) < 4.78 is 40.7. The van der Waals surface area contributed by atoms with Crippen molar-refractivity contribution < 1.29 is 18.0 Å². The van der Waals surface area contributed by atoms with Crippen LogP contribution in [0.1, 0.15) is 31.4 Å². The van der Waals surface area contributed by atoms with Crippen molar-refractivity contribution in [2.75, 3.05) is 6.54 Å². The van der Waals surface area contributed by atoms with Gasteiger partial charge in [0.05, 0.1) is 0 Å². The number of amides is 1. The van der Waals surface area contributed by atoms with Crippen molar-refractivity contribution in [3.63, 3.8) is 0 Å². The quantitative estimate of drug-likeness (QED) is 0.757. The first-order valence-electron chi connectivity index (χ1n) is 8.05. The van der Waals surface area contributed by atoms with Gasteiger partial charge in [0, 0.05) is 12.1 Å². The lowest BCUT2D eigenvalue weighted by Crippen LogP contribution is -2.24. The highest BCUT2D eigenvalue weighted by Gasteiger charge is 2.12. The first kappa shape index (κ1) is 18.8. The molecule has 5 heteroatoms. The lowest BCUT2D eigenvalue weighted by Gasteiger charge is -2.11. The van der Waals surface area contributed by atoms with E-state index in [1.165, 1.54) is 18.2 Å². The summed E-state index contributed by atoms with van der Waals surface area (Å²) in [5.74, 6) is -2.69. The molecule has 0 aliphatic carbocycles. The van der Waals surface area contributed by atoms with Crippen LogP contribution in [0, 0.1) is 24.4 Å². The molecule has 2 rings (SSSR count). The van der Waals surface area contributed by atoms with E-state index in [9.17, 15) is 18.0 Å². The van der Waals surface area contributed by atoms with E-state index in [2.05, 4.69) is 5.32 Å². The smallest absolute Gasteiger partial charge is 0.246 e. The predicted octanol–water partition coefficient (Wildman–Crippen LogP) is 5.01. The van der Waals surface area contributed by atoms with E-state index in [0.717, 1.165) is 18.6 Å². The predicted molar refractivity (Wildman–Crippen MR) is 93.4 cm³/mol. The number of benzene rings is 2. The lowest BCUT2D eigenvalue weighted by atomic mass is 9.95. The average Bonchev–Trinajstić information content (AvgIpc) is 2.58. The van der Waals surface area contributed by atoms with Crippen LogP contribution in [-0.4, -0.2) is 12.5 Å². The molecule has 0 unspecified atom stereocenters. The second-order valence-corrected chi connectivity index (χ2v) is 5.88. The second kappa shape index (κ2) is 8.01. The first-order valence-corrected chi connectivity index (χ1v) is 8.05. The third kappa shape index (κ3) is 4.50. The molecule has 2 aromatic carbocycles. The summed E-state index contributed by atoms with van der Waals surface area (Å²) in [5, 5.41) is 2.75. The standard InChI is InChI=1S/C20H20F3NO/c1-4-7-24-20(25)12(2)8-15-9-16(21)11-17(13(15)3)14-5-6-18(22)19(23)10-14/h5-6,8-11H,4,7H2,1-3H3,(H,24,25)/b12-8+. The third-order valence-electron chi connectivity index (χ3n) is 3.91. The van der Waals surface area contributed by atoms with Gasteiger partial charge in [-0.05, 0) is 72.9 Å². The fourth-order valence-electron chi connectivity index (χ4n) is 2.49. The van der Waals surface area contributed by atoms with Crippen molar-refractivity contribution in [1.29, 1.82) is 0 Å². The van der Waals surface area contributed by atoms with Gasteiger partial charge in [0.15, 0.2) is 11.6 Å². The summed E-state index contributed by atoms with van der Waals surface area (Å²) in [6.45, 7) is 5.90. The molecule has 0 fully saturated rings. The summed E-state index contributed by atoms with van der Waals surface area (Å²) in [6, 6.07) is 6.02. The topological polar surface area (TPSA) is 29.1 Å². The van der Waals surface area contributed by atoms with E-state index >= 15 is 0 Å². The molecule has 0 radical (unpaired) electrons. The van der Waals surface area contributed by atoms with Gasteiger partial charge >= 0.3 is 0 Å². The molecular weight excluding hydrogens is 327 g/mol. The SMILES string of the molecule is CCCNC(=O)/C(C)=C/c1cc(F)cc(-c2ccc(F)c(F)c2)c1C. The van der Waals surface area contributed by atoms with Crippen LogP contribution >= 0.6 is 0 Å². The molecule has 2 aromatic rings. The molecule has 0 spiro atoms. The normalized spacial score (nSPS) is 11.5. The Bertz CT molecular complexity index is 828. The van der Waals surface area contributed by atoms with Crippen molar-refractivity contribution in [1.82, 2.24) is 5.32 Å². The van der Waals surface area contributed by atoms with Gasteiger partial charge in [-0.3, -0.25) is 4.79 Å². The van der Waals surface area contributed by atoms with Crippen molar-refractivity contribution in [2.24, 2.45) is 0 Å². The molecule has 1 N–H and O–H groups in total. The van der Waals surface area contributed by atoms with Gasteiger partial charge in [-0.15, -0.1) is 0 Å². The summed E-state index contributed by atoms with van der Waals surface area (Å²) in [5.41, 5.74) is 2.46. The Hall–Kier alpha value is -2.56. The Labute approximate surface area is 145 Å². The van der Waals surface area contributed by atoms with Gasteiger partial charge in [-0.2, -0.15) is 0 Å². The van der Waals surface area contributed by atoms with Gasteiger partial charge in [-0.1, -0.05) is 13.0 Å². The molecule has 0 saturated heterocycles. The Morgan fingerprint density at radius 2 is 1.84 bits per heavy atom. The van der Waals surface area contributed by atoms with Crippen molar-refractivity contribution >= 4 is 12.0 Å². The number of carbonyl (C=O) groups is 1. The van der Waals surface area contributed by atoms with Crippen molar-refractivity contribution in [2.45, 2.75) is 27.2 Å². The zero-order valence-corrected chi connectivity index (χ0v) is 14.4. The minimum absolute atomic E-state index is 0.222. The Kier molecular flexibility index (Phi) is 6.02. The Morgan fingerprint density at radius 1 is 1.12 bits per heavy atom. The molecule has 0 atom stereocenters. The lowest BCUT2D eigenvalue weighted by molar-refractivity contribution is -0.117. The van der Waals surface area contributed by atoms with E-state index in [1.54, 1.807) is 19.9 Å². The van der Waals surface area contributed by atoms with Crippen LogP contribution < -0.4 is 5.32 Å². The Morgan fingerprint density at radius 3 is 2.48 bits per heavy atom. The summed E-state index contributed by atoms with van der Waals surface area (Å²) >= 11 is 0. The fraction of sp³-hybridized carbons (Fsp3) is 0.250. The summed E-state index contributed by atoms with van der Waals surface area (Å²) in [6.07, 6.45) is 2.41. The van der Waals surface area contributed by atoms with Gasteiger partial charge in [-0.25, -0.2) is 13.2 Å². The largest absolute Gasteiger partial charge is 0.352 e. The molecule has 25 heavy (non-hydrogen) atoms. The number of hydrogen-bond acceptors (Lipinski definition) is 1. The zero-order valence-electron chi connectivity index (χ0n) is 14.4. The van der Waals surface area contributed by atoms with Crippen LogP contribution in [0.2, 0.25) is 0 Å². The van der Waals surface area contributed by atoms with Gasteiger partial charge in [0.1, 0.15) is 5.82 Å². The van der Waals surface area contributed by atoms with E-state index < -0.39 is 17.5 Å². The van der Waals surface area contributed by atoms with E-state index in [0.29, 0.717) is 34.4 Å². The highest BCUT2D eigenvalue weighted by atomic mass is 19.2. The third-order valence-corrected chi connectivity index (χ3v) is 3.91. The first-order chi connectivity index (χ1) is 11.8. The van der Waals surface area contributed by atoms with E-state index in [-0.39, 0.29) is 5.91 Å². The molecule has 0 heterocycles. The van der Waals surface area contributed by atoms with Crippen LogP contribution in [0.15, 0.2) is 35.9 Å². The van der Waals surface area contributed by atoms with Crippen LogP contribution in [0.4, 0.5) is 13.2 Å².